The van der Waals surface area contributed by atoms with E-state index in [0.717, 1.165) is 17.7 Å². The first-order valence-corrected chi connectivity index (χ1v) is 14.4. The third-order valence-electron chi connectivity index (χ3n) is 6.06. The zero-order valence-corrected chi connectivity index (χ0v) is 21.7. The molecule has 0 aromatic heterocycles. The number of carbonyl (C=O) groups excluding carboxylic acids is 2. The molecule has 7 nitrogen and oxygen atoms in total. The molecule has 2 amide bonds. The number of carboxylic acids is 1. The van der Waals surface area contributed by atoms with E-state index in [1.807, 2.05) is 6.07 Å². The first-order valence-electron chi connectivity index (χ1n) is 11.6. The van der Waals surface area contributed by atoms with Gasteiger partial charge in [-0.3, -0.25) is 14.4 Å². The van der Waals surface area contributed by atoms with Crippen LogP contribution in [0, 0.1) is 11.6 Å². The largest absolute Gasteiger partial charge is 0.497 e. The van der Waals surface area contributed by atoms with E-state index in [2.05, 4.69) is 5.32 Å². The molecule has 0 spiro atoms. The Morgan fingerprint density at radius 1 is 1.08 bits per heavy atom. The Morgan fingerprint density at radius 3 is 2.31 bits per heavy atom. The Labute approximate surface area is 211 Å². The molecule has 36 heavy (non-hydrogen) atoms. The first kappa shape index (κ1) is 27.4. The standard InChI is InChI=1S/C26H32F2N2O5S/c1-35-18-9-10-19-16(13-18)11-12-30(22(31)7-5-6-8-23(32)33)24(19)26(34)29-17-14-20(27)25(21(28)15-17)36(2,3)4/h9-10,13-15,24H,5-8,11-12H2,1-4H3,(H,29,34)(H,32,33)/t24-/m1/s1. The van der Waals surface area contributed by atoms with Crippen LogP contribution in [0.3, 0.4) is 0 Å². The Balaban J connectivity index is 1.90. The molecule has 0 aliphatic carbocycles. The summed E-state index contributed by atoms with van der Waals surface area (Å²) in [5.74, 6) is -2.65. The average Bonchev–Trinajstić information content (AvgIpc) is 2.78. The van der Waals surface area contributed by atoms with E-state index in [1.165, 1.54) is 12.0 Å². The van der Waals surface area contributed by atoms with Crippen LogP contribution in [-0.4, -0.2) is 60.2 Å². The number of halogens is 2. The molecule has 0 radical (unpaired) electrons. The molecule has 1 atom stereocenters. The van der Waals surface area contributed by atoms with Gasteiger partial charge in [-0.2, -0.15) is 0 Å². The number of aliphatic carboxylic acids is 1. The number of methoxy groups -OCH3 is 1. The maximum absolute atomic E-state index is 14.8. The number of nitrogens with zero attached hydrogens (tertiary/aromatic N) is 1. The van der Waals surface area contributed by atoms with E-state index in [4.69, 9.17) is 9.84 Å². The summed E-state index contributed by atoms with van der Waals surface area (Å²) in [5, 5.41) is 11.4. The van der Waals surface area contributed by atoms with Crippen LogP contribution in [0.5, 0.6) is 5.75 Å². The zero-order valence-electron chi connectivity index (χ0n) is 20.9. The number of benzene rings is 2. The molecule has 3 rings (SSSR count). The molecule has 0 fully saturated rings. The van der Waals surface area contributed by atoms with Crippen molar-refractivity contribution in [3.63, 3.8) is 0 Å². The summed E-state index contributed by atoms with van der Waals surface area (Å²) in [4.78, 5) is 38.8. The number of unbranched alkanes of at least 4 members (excludes halogenated alkanes) is 1. The minimum atomic E-state index is -1.68. The van der Waals surface area contributed by atoms with Crippen molar-refractivity contribution in [2.45, 2.75) is 43.0 Å². The van der Waals surface area contributed by atoms with Crippen LogP contribution in [0.1, 0.15) is 42.9 Å². The van der Waals surface area contributed by atoms with Crippen molar-refractivity contribution in [1.29, 1.82) is 0 Å². The average molecular weight is 523 g/mol. The maximum atomic E-state index is 14.8. The highest BCUT2D eigenvalue weighted by Crippen LogP contribution is 2.48. The van der Waals surface area contributed by atoms with E-state index in [0.29, 0.717) is 30.6 Å². The number of hydrogen-bond donors (Lipinski definition) is 2. The van der Waals surface area contributed by atoms with Crippen LogP contribution in [0.15, 0.2) is 35.2 Å². The van der Waals surface area contributed by atoms with Gasteiger partial charge in [0, 0.05) is 25.1 Å². The van der Waals surface area contributed by atoms with Crippen molar-refractivity contribution in [3.8, 4) is 5.75 Å². The second kappa shape index (κ2) is 11.3. The second-order valence-corrected chi connectivity index (χ2v) is 13.6. The molecule has 0 unspecified atom stereocenters. The minimum absolute atomic E-state index is 0.00812. The Morgan fingerprint density at radius 2 is 1.72 bits per heavy atom. The quantitative estimate of drug-likeness (QED) is 0.464. The molecule has 2 N–H and O–H groups in total. The first-order chi connectivity index (χ1) is 16.9. The number of ether oxygens (including phenoxy) is 1. The number of carboxylic acid groups (broad SMARTS) is 1. The molecule has 1 heterocycles. The maximum Gasteiger partial charge on any atom is 0.303 e. The lowest BCUT2D eigenvalue weighted by Gasteiger charge is -2.36. The molecule has 1 aliphatic rings. The molecular formula is C26H32F2N2O5S. The summed E-state index contributed by atoms with van der Waals surface area (Å²) < 4.78 is 34.8. The number of rotatable bonds is 9. The summed E-state index contributed by atoms with van der Waals surface area (Å²) in [7, 11) is -0.142. The SMILES string of the molecule is COc1ccc2c(c1)CCN(C(=O)CCCCC(=O)O)[C@H]2C(=O)Nc1cc(F)c(S(C)(C)C)c(F)c1. The third kappa shape index (κ3) is 6.34. The monoisotopic (exact) mass is 522 g/mol. The summed E-state index contributed by atoms with van der Waals surface area (Å²) >= 11 is 0. The predicted molar refractivity (Wildman–Crippen MR) is 136 cm³/mol. The van der Waals surface area contributed by atoms with Crippen LogP contribution in [0.2, 0.25) is 0 Å². The fourth-order valence-corrected chi connectivity index (χ4v) is 5.69. The van der Waals surface area contributed by atoms with E-state index < -0.39 is 39.6 Å². The van der Waals surface area contributed by atoms with Gasteiger partial charge in [0.05, 0.1) is 12.0 Å². The number of hydrogen-bond acceptors (Lipinski definition) is 4. The van der Waals surface area contributed by atoms with Gasteiger partial charge in [0.25, 0.3) is 5.91 Å². The van der Waals surface area contributed by atoms with Crippen molar-refractivity contribution in [1.82, 2.24) is 4.90 Å². The predicted octanol–water partition coefficient (Wildman–Crippen LogP) is 4.74. The minimum Gasteiger partial charge on any atom is -0.497 e. The molecule has 1 aliphatic heterocycles. The molecule has 0 saturated carbocycles. The van der Waals surface area contributed by atoms with Crippen LogP contribution in [0.4, 0.5) is 14.5 Å². The van der Waals surface area contributed by atoms with Gasteiger partial charge in [-0.15, -0.1) is 0 Å². The lowest BCUT2D eigenvalue weighted by Crippen LogP contribution is -2.45. The highest BCUT2D eigenvalue weighted by atomic mass is 32.3. The topological polar surface area (TPSA) is 95.9 Å². The van der Waals surface area contributed by atoms with Crippen LogP contribution < -0.4 is 10.1 Å². The van der Waals surface area contributed by atoms with E-state index in [-0.39, 0.29) is 35.9 Å². The lowest BCUT2D eigenvalue weighted by molar-refractivity contribution is -0.140. The van der Waals surface area contributed by atoms with E-state index >= 15 is 0 Å². The van der Waals surface area contributed by atoms with Crippen LogP contribution >= 0.6 is 10.0 Å². The second-order valence-electron chi connectivity index (χ2n) is 9.50. The summed E-state index contributed by atoms with van der Waals surface area (Å²) in [6.07, 6.45) is 6.61. The van der Waals surface area contributed by atoms with Crippen molar-refractivity contribution < 1.29 is 33.0 Å². The van der Waals surface area contributed by atoms with Gasteiger partial charge < -0.3 is 20.1 Å². The molecule has 2 aromatic rings. The fourth-order valence-electron chi connectivity index (χ4n) is 4.41. The van der Waals surface area contributed by atoms with Crippen LogP contribution in [0.25, 0.3) is 0 Å². The van der Waals surface area contributed by atoms with Crippen molar-refractivity contribution >= 4 is 33.5 Å². The lowest BCUT2D eigenvalue weighted by atomic mass is 9.91. The molecule has 2 aromatic carbocycles. The van der Waals surface area contributed by atoms with Gasteiger partial charge in [0.15, 0.2) is 0 Å². The number of nitrogens with one attached hydrogen (secondary N) is 1. The van der Waals surface area contributed by atoms with Gasteiger partial charge in [-0.25, -0.2) is 18.8 Å². The number of carbonyl (C=O) groups is 3. The molecule has 196 valence electrons. The zero-order chi connectivity index (χ0) is 26.6. The molecule has 10 heteroatoms. The van der Waals surface area contributed by atoms with Gasteiger partial charge in [-0.05, 0) is 73.4 Å². The number of fused-ring (bicyclic) bond motifs is 1. The van der Waals surface area contributed by atoms with E-state index in [9.17, 15) is 23.2 Å². The normalized spacial score (nSPS) is 15.7. The summed E-state index contributed by atoms with van der Waals surface area (Å²) in [6, 6.07) is 6.42. The fraction of sp³-hybridized carbons (Fsp3) is 0.423. The highest BCUT2D eigenvalue weighted by Gasteiger charge is 2.36. The molecular weight excluding hydrogens is 490 g/mol. The van der Waals surface area contributed by atoms with Gasteiger partial charge in [-0.1, -0.05) is 6.07 Å². The van der Waals surface area contributed by atoms with Gasteiger partial charge in [0.2, 0.25) is 5.91 Å². The van der Waals surface area contributed by atoms with E-state index in [1.54, 1.807) is 30.9 Å². The van der Waals surface area contributed by atoms with Crippen molar-refractivity contribution in [3.05, 3.63) is 53.1 Å². The van der Waals surface area contributed by atoms with Gasteiger partial charge in [0.1, 0.15) is 23.4 Å². The van der Waals surface area contributed by atoms with Gasteiger partial charge >= 0.3 is 5.97 Å². The Hall–Kier alpha value is -3.14. The highest BCUT2D eigenvalue weighted by molar-refractivity contribution is 8.32. The number of anilines is 1. The smallest absolute Gasteiger partial charge is 0.303 e. The summed E-state index contributed by atoms with van der Waals surface area (Å²) in [6.45, 7) is 0.269. The number of amides is 2. The molecule has 0 bridgehead atoms. The third-order valence-corrected chi connectivity index (χ3v) is 7.67. The van der Waals surface area contributed by atoms with Crippen molar-refractivity contribution in [2.75, 3.05) is 37.7 Å². The Kier molecular flexibility index (Phi) is 8.60. The summed E-state index contributed by atoms with van der Waals surface area (Å²) in [5.41, 5.74) is 1.42. The molecule has 0 saturated heterocycles. The van der Waals surface area contributed by atoms with Crippen molar-refractivity contribution in [2.24, 2.45) is 0 Å². The Bertz CT molecular complexity index is 1140. The van der Waals surface area contributed by atoms with Crippen LogP contribution in [-0.2, 0) is 20.8 Å².